The summed E-state index contributed by atoms with van der Waals surface area (Å²) in [6.45, 7) is 7.24. The second-order valence-corrected chi connectivity index (χ2v) is 6.35. The minimum absolute atomic E-state index is 0.104. The lowest BCUT2D eigenvalue weighted by atomic mass is 10.1. The van der Waals surface area contributed by atoms with E-state index < -0.39 is 0 Å². The van der Waals surface area contributed by atoms with Gasteiger partial charge < -0.3 is 24.9 Å². The molecule has 0 spiro atoms. The van der Waals surface area contributed by atoms with Crippen molar-refractivity contribution in [2.24, 2.45) is 0 Å². The van der Waals surface area contributed by atoms with Crippen LogP contribution in [0, 0.1) is 0 Å². The largest absolute Gasteiger partial charge is 0.395 e. The summed E-state index contributed by atoms with van der Waals surface area (Å²) in [7, 11) is 2.19. The van der Waals surface area contributed by atoms with E-state index in [1.807, 2.05) is 4.90 Å². The van der Waals surface area contributed by atoms with Crippen molar-refractivity contribution in [1.82, 2.24) is 9.80 Å². The first-order chi connectivity index (χ1) is 11.2. The highest BCUT2D eigenvalue weighted by atomic mass is 16.3. The maximum absolute atomic E-state index is 9.10. The van der Waals surface area contributed by atoms with Gasteiger partial charge in [-0.25, -0.2) is 0 Å². The van der Waals surface area contributed by atoms with Crippen molar-refractivity contribution in [3.05, 3.63) is 29.8 Å². The van der Waals surface area contributed by atoms with Crippen LogP contribution in [0.15, 0.2) is 24.3 Å². The summed E-state index contributed by atoms with van der Waals surface area (Å²) in [4.78, 5) is 6.95. The van der Waals surface area contributed by atoms with Crippen molar-refractivity contribution < 1.29 is 10.2 Å². The zero-order valence-corrected chi connectivity index (χ0v) is 14.3. The molecular weight excluding hydrogens is 290 g/mol. The molecule has 0 saturated carbocycles. The van der Waals surface area contributed by atoms with Gasteiger partial charge in [0.1, 0.15) is 0 Å². The molecule has 23 heavy (non-hydrogen) atoms. The van der Waals surface area contributed by atoms with Crippen molar-refractivity contribution in [3.63, 3.8) is 0 Å². The Morgan fingerprint density at radius 1 is 0.957 bits per heavy atom. The van der Waals surface area contributed by atoms with Gasteiger partial charge >= 0.3 is 0 Å². The lowest BCUT2D eigenvalue weighted by Crippen LogP contribution is -2.44. The highest BCUT2D eigenvalue weighted by Crippen LogP contribution is 2.16. The molecular formula is C18H31N3O2. The number of likely N-dealkylation sites (N-methyl/N-ethyl adjacent to an activating group) is 1. The van der Waals surface area contributed by atoms with E-state index in [1.165, 1.54) is 44.7 Å². The smallest absolute Gasteiger partial charge is 0.0606 e. The molecule has 1 heterocycles. The first-order valence-corrected chi connectivity index (χ1v) is 8.69. The Morgan fingerprint density at radius 3 is 2.13 bits per heavy atom. The van der Waals surface area contributed by atoms with E-state index in [2.05, 4.69) is 41.1 Å². The molecule has 5 nitrogen and oxygen atoms in total. The lowest BCUT2D eigenvalue weighted by molar-refractivity contribution is 0.153. The summed E-state index contributed by atoms with van der Waals surface area (Å²) in [5, 5.41) is 18.2. The molecule has 1 aliphatic rings. The number of anilines is 1. The Kier molecular flexibility index (Phi) is 7.82. The average molecular weight is 321 g/mol. The summed E-state index contributed by atoms with van der Waals surface area (Å²) in [5.74, 6) is 0. The van der Waals surface area contributed by atoms with Gasteiger partial charge in [0.05, 0.1) is 13.2 Å². The third-order valence-corrected chi connectivity index (χ3v) is 4.58. The van der Waals surface area contributed by atoms with E-state index in [4.69, 9.17) is 10.2 Å². The van der Waals surface area contributed by atoms with E-state index in [1.54, 1.807) is 0 Å². The molecule has 130 valence electrons. The van der Waals surface area contributed by atoms with Gasteiger partial charge in [0, 0.05) is 45.0 Å². The first-order valence-electron chi connectivity index (χ1n) is 8.69. The number of aliphatic hydroxyl groups is 2. The van der Waals surface area contributed by atoms with Crippen LogP contribution in [0.1, 0.15) is 12.0 Å². The number of hydrogen-bond acceptors (Lipinski definition) is 5. The Balaban J connectivity index is 1.76. The van der Waals surface area contributed by atoms with Crippen molar-refractivity contribution in [2.75, 3.05) is 71.0 Å². The Morgan fingerprint density at radius 2 is 1.57 bits per heavy atom. The normalized spacial score (nSPS) is 16.7. The molecule has 0 bridgehead atoms. The molecule has 1 saturated heterocycles. The minimum Gasteiger partial charge on any atom is -0.395 e. The summed E-state index contributed by atoms with van der Waals surface area (Å²) in [6, 6.07) is 8.52. The minimum atomic E-state index is 0.104. The molecule has 2 N–H and O–H groups in total. The third-order valence-electron chi connectivity index (χ3n) is 4.58. The first kappa shape index (κ1) is 18.2. The molecule has 1 aromatic rings. The summed E-state index contributed by atoms with van der Waals surface area (Å²) >= 11 is 0. The standard InChI is InChI=1S/C18H31N3O2/c1-19-9-11-20(12-10-19)8-2-3-17-4-6-18(7-5-17)21(13-15-22)14-16-23/h4-7,22-23H,2-3,8-16H2,1H3. The van der Waals surface area contributed by atoms with Crippen molar-refractivity contribution in [1.29, 1.82) is 0 Å². The van der Waals surface area contributed by atoms with Gasteiger partial charge in [-0.2, -0.15) is 0 Å². The van der Waals surface area contributed by atoms with Gasteiger partial charge in [-0.05, 0) is 44.1 Å². The van der Waals surface area contributed by atoms with Crippen LogP contribution in [0.3, 0.4) is 0 Å². The summed E-state index contributed by atoms with van der Waals surface area (Å²) < 4.78 is 0. The highest BCUT2D eigenvalue weighted by molar-refractivity contribution is 5.47. The fourth-order valence-electron chi connectivity index (χ4n) is 3.06. The summed E-state index contributed by atoms with van der Waals surface area (Å²) in [5.41, 5.74) is 2.42. The Hall–Kier alpha value is -1.14. The molecule has 1 fully saturated rings. The van der Waals surface area contributed by atoms with Gasteiger partial charge in [0.2, 0.25) is 0 Å². The molecule has 0 amide bonds. The quantitative estimate of drug-likeness (QED) is 0.700. The van der Waals surface area contributed by atoms with E-state index in [9.17, 15) is 0 Å². The topological polar surface area (TPSA) is 50.2 Å². The number of rotatable bonds is 9. The van der Waals surface area contributed by atoms with E-state index >= 15 is 0 Å². The summed E-state index contributed by atoms with van der Waals surface area (Å²) in [6.07, 6.45) is 2.30. The maximum Gasteiger partial charge on any atom is 0.0606 e. The van der Waals surface area contributed by atoms with Crippen LogP contribution >= 0.6 is 0 Å². The number of nitrogens with zero attached hydrogens (tertiary/aromatic N) is 3. The fourth-order valence-corrected chi connectivity index (χ4v) is 3.06. The third kappa shape index (κ3) is 6.11. The van der Waals surface area contributed by atoms with Crippen LogP contribution in [0.2, 0.25) is 0 Å². The molecule has 0 aromatic heterocycles. The Bertz CT molecular complexity index is 424. The van der Waals surface area contributed by atoms with Crippen molar-refractivity contribution >= 4 is 5.69 Å². The van der Waals surface area contributed by atoms with Crippen LogP contribution < -0.4 is 4.90 Å². The maximum atomic E-state index is 9.10. The van der Waals surface area contributed by atoms with Crippen molar-refractivity contribution in [3.8, 4) is 0 Å². The van der Waals surface area contributed by atoms with Gasteiger partial charge in [-0.1, -0.05) is 12.1 Å². The zero-order valence-electron chi connectivity index (χ0n) is 14.3. The van der Waals surface area contributed by atoms with Gasteiger partial charge in [-0.15, -0.1) is 0 Å². The molecule has 0 unspecified atom stereocenters. The number of piperazine rings is 1. The van der Waals surface area contributed by atoms with E-state index in [-0.39, 0.29) is 13.2 Å². The van der Waals surface area contributed by atoms with Crippen LogP contribution in [-0.4, -0.2) is 86.1 Å². The number of aryl methyl sites for hydroxylation is 1. The predicted octanol–water partition coefficient (Wildman–Crippen LogP) is 0.658. The Labute approximate surface area is 140 Å². The molecule has 1 aliphatic heterocycles. The monoisotopic (exact) mass is 321 g/mol. The van der Waals surface area contributed by atoms with Crippen LogP contribution in [0.25, 0.3) is 0 Å². The van der Waals surface area contributed by atoms with Gasteiger partial charge in [0.15, 0.2) is 0 Å². The average Bonchev–Trinajstić information content (AvgIpc) is 2.57. The fraction of sp³-hybridized carbons (Fsp3) is 0.667. The van der Waals surface area contributed by atoms with E-state index in [0.29, 0.717) is 13.1 Å². The van der Waals surface area contributed by atoms with E-state index in [0.717, 1.165) is 12.1 Å². The molecule has 2 rings (SSSR count). The number of benzene rings is 1. The molecule has 0 aliphatic carbocycles. The SMILES string of the molecule is CN1CCN(CCCc2ccc(N(CCO)CCO)cc2)CC1. The van der Waals surface area contributed by atoms with Crippen LogP contribution in [0.4, 0.5) is 5.69 Å². The number of aliphatic hydroxyl groups excluding tert-OH is 2. The lowest BCUT2D eigenvalue weighted by Gasteiger charge is -2.32. The predicted molar refractivity (Wildman–Crippen MR) is 95.1 cm³/mol. The van der Waals surface area contributed by atoms with Crippen LogP contribution in [0.5, 0.6) is 0 Å². The second kappa shape index (κ2) is 9.88. The highest BCUT2D eigenvalue weighted by Gasteiger charge is 2.12. The van der Waals surface area contributed by atoms with Gasteiger partial charge in [-0.3, -0.25) is 0 Å². The molecule has 5 heteroatoms. The number of hydrogen-bond donors (Lipinski definition) is 2. The molecule has 1 aromatic carbocycles. The zero-order chi connectivity index (χ0) is 16.5. The van der Waals surface area contributed by atoms with Gasteiger partial charge in [0.25, 0.3) is 0 Å². The molecule has 0 atom stereocenters. The second-order valence-electron chi connectivity index (χ2n) is 6.35. The van der Waals surface area contributed by atoms with Crippen LogP contribution in [-0.2, 0) is 6.42 Å². The van der Waals surface area contributed by atoms with Crippen molar-refractivity contribution in [2.45, 2.75) is 12.8 Å². The molecule has 0 radical (unpaired) electrons.